The van der Waals surface area contributed by atoms with E-state index in [0.717, 1.165) is 11.1 Å². The molecule has 8 heteroatoms. The number of halogens is 1. The van der Waals surface area contributed by atoms with Crippen LogP contribution < -0.4 is 29.6 Å². The van der Waals surface area contributed by atoms with Crippen molar-refractivity contribution in [1.29, 1.82) is 0 Å². The third-order valence-electron chi connectivity index (χ3n) is 4.06. The summed E-state index contributed by atoms with van der Waals surface area (Å²) < 4.78 is 21.4. The molecule has 0 saturated heterocycles. The first-order valence-electron chi connectivity index (χ1n) is 8.52. The summed E-state index contributed by atoms with van der Waals surface area (Å²) in [5, 5.41) is 6.56. The summed E-state index contributed by atoms with van der Waals surface area (Å²) in [5.41, 5.74) is 2.03. The Balaban J connectivity index is 0.00000392. The Morgan fingerprint density at radius 3 is 2.11 bits per heavy atom. The van der Waals surface area contributed by atoms with E-state index in [2.05, 4.69) is 15.6 Å². The van der Waals surface area contributed by atoms with E-state index in [4.69, 9.17) is 18.9 Å². The van der Waals surface area contributed by atoms with Crippen LogP contribution in [0, 0.1) is 0 Å². The number of nitrogens with one attached hydrogen (secondary N) is 2. The largest absolute Gasteiger partial charge is 0.493 e. The molecule has 0 aliphatic rings. The van der Waals surface area contributed by atoms with E-state index in [1.54, 1.807) is 35.5 Å². The third kappa shape index (κ3) is 6.08. The second-order valence-electron chi connectivity index (χ2n) is 5.62. The minimum absolute atomic E-state index is 0. The van der Waals surface area contributed by atoms with Gasteiger partial charge in [-0.3, -0.25) is 4.99 Å². The fourth-order valence-electron chi connectivity index (χ4n) is 2.67. The van der Waals surface area contributed by atoms with Crippen LogP contribution >= 0.6 is 24.0 Å². The van der Waals surface area contributed by atoms with Crippen molar-refractivity contribution < 1.29 is 18.9 Å². The topological polar surface area (TPSA) is 73.3 Å². The van der Waals surface area contributed by atoms with Gasteiger partial charge in [0.25, 0.3) is 0 Å². The van der Waals surface area contributed by atoms with E-state index in [0.29, 0.717) is 42.0 Å². The minimum atomic E-state index is 0. The number of rotatable bonds is 8. The van der Waals surface area contributed by atoms with Crippen LogP contribution in [-0.4, -0.2) is 41.4 Å². The molecular formula is C20H28IN3O4. The van der Waals surface area contributed by atoms with Crippen molar-refractivity contribution in [3.8, 4) is 23.0 Å². The van der Waals surface area contributed by atoms with Gasteiger partial charge in [0, 0.05) is 25.7 Å². The second kappa shape index (κ2) is 12.2. The van der Waals surface area contributed by atoms with E-state index in [1.807, 2.05) is 36.4 Å². The maximum Gasteiger partial charge on any atom is 0.191 e. The van der Waals surface area contributed by atoms with Crippen LogP contribution in [0.5, 0.6) is 23.0 Å². The monoisotopic (exact) mass is 501 g/mol. The summed E-state index contributed by atoms with van der Waals surface area (Å²) in [4.78, 5) is 4.26. The van der Waals surface area contributed by atoms with Gasteiger partial charge in [-0.1, -0.05) is 18.2 Å². The quantitative estimate of drug-likeness (QED) is 0.329. The molecule has 0 fully saturated rings. The van der Waals surface area contributed by atoms with Crippen molar-refractivity contribution in [3.05, 3.63) is 47.5 Å². The van der Waals surface area contributed by atoms with E-state index < -0.39 is 0 Å². The highest BCUT2D eigenvalue weighted by Gasteiger charge is 2.10. The highest BCUT2D eigenvalue weighted by molar-refractivity contribution is 14.0. The fourth-order valence-corrected chi connectivity index (χ4v) is 2.67. The Hall–Kier alpha value is -2.36. The van der Waals surface area contributed by atoms with Crippen molar-refractivity contribution in [1.82, 2.24) is 10.6 Å². The summed E-state index contributed by atoms with van der Waals surface area (Å²) in [7, 11) is 8.22. The van der Waals surface area contributed by atoms with E-state index in [-0.39, 0.29) is 24.0 Å². The predicted molar refractivity (Wildman–Crippen MR) is 122 cm³/mol. The molecule has 0 aliphatic heterocycles. The van der Waals surface area contributed by atoms with Crippen molar-refractivity contribution >= 4 is 29.9 Å². The normalized spacial score (nSPS) is 10.5. The molecule has 0 heterocycles. The number of hydrogen-bond acceptors (Lipinski definition) is 5. The van der Waals surface area contributed by atoms with Crippen LogP contribution in [-0.2, 0) is 13.1 Å². The molecule has 0 radical (unpaired) electrons. The summed E-state index contributed by atoms with van der Waals surface area (Å²) >= 11 is 0. The number of methoxy groups -OCH3 is 4. The molecule has 0 amide bonds. The number of ether oxygens (including phenoxy) is 4. The Morgan fingerprint density at radius 1 is 0.821 bits per heavy atom. The third-order valence-corrected chi connectivity index (χ3v) is 4.06. The van der Waals surface area contributed by atoms with E-state index >= 15 is 0 Å². The first-order chi connectivity index (χ1) is 13.2. The summed E-state index contributed by atoms with van der Waals surface area (Å²) in [6.07, 6.45) is 0. The van der Waals surface area contributed by atoms with Crippen LogP contribution in [0.25, 0.3) is 0 Å². The van der Waals surface area contributed by atoms with Crippen LogP contribution in [0.4, 0.5) is 0 Å². The lowest BCUT2D eigenvalue weighted by Gasteiger charge is -2.16. The van der Waals surface area contributed by atoms with Gasteiger partial charge in [-0.25, -0.2) is 0 Å². The molecule has 2 N–H and O–H groups in total. The Kier molecular flexibility index (Phi) is 10.3. The lowest BCUT2D eigenvalue weighted by Crippen LogP contribution is -2.36. The highest BCUT2D eigenvalue weighted by atomic mass is 127. The molecule has 0 spiro atoms. The molecule has 7 nitrogen and oxygen atoms in total. The van der Waals surface area contributed by atoms with Gasteiger partial charge in [0.2, 0.25) is 0 Å². The zero-order valence-electron chi connectivity index (χ0n) is 16.9. The fraction of sp³-hybridized carbons (Fsp3) is 0.350. The number of aliphatic imine (C=N–C) groups is 1. The van der Waals surface area contributed by atoms with Crippen LogP contribution in [0.2, 0.25) is 0 Å². The van der Waals surface area contributed by atoms with Gasteiger partial charge in [0.05, 0.1) is 28.4 Å². The van der Waals surface area contributed by atoms with Crippen molar-refractivity contribution in [2.24, 2.45) is 4.99 Å². The Morgan fingerprint density at radius 2 is 1.50 bits per heavy atom. The SMILES string of the molecule is CN=C(NCc1ccc(OC)c(OC)c1)NCc1cccc(OC)c1OC.I. The number of nitrogens with zero attached hydrogens (tertiary/aromatic N) is 1. The van der Waals surface area contributed by atoms with Gasteiger partial charge in [-0.15, -0.1) is 24.0 Å². The smallest absolute Gasteiger partial charge is 0.191 e. The number of benzene rings is 2. The molecule has 0 aromatic heterocycles. The van der Waals surface area contributed by atoms with Gasteiger partial charge in [-0.2, -0.15) is 0 Å². The average Bonchev–Trinajstić information content (AvgIpc) is 2.73. The molecule has 0 saturated carbocycles. The van der Waals surface area contributed by atoms with Gasteiger partial charge in [0.15, 0.2) is 29.0 Å². The molecule has 0 unspecified atom stereocenters. The van der Waals surface area contributed by atoms with Gasteiger partial charge in [0.1, 0.15) is 0 Å². The standard InChI is InChI=1S/C20H27N3O4.HI/c1-21-20(22-12-14-9-10-16(24-2)18(11-14)26-4)23-13-15-7-6-8-17(25-3)19(15)27-5;/h6-11H,12-13H2,1-5H3,(H2,21,22,23);1H. The molecule has 0 bridgehead atoms. The summed E-state index contributed by atoms with van der Waals surface area (Å²) in [5.74, 6) is 3.48. The number of para-hydroxylation sites is 1. The average molecular weight is 501 g/mol. The van der Waals surface area contributed by atoms with E-state index in [9.17, 15) is 0 Å². The van der Waals surface area contributed by atoms with Crippen molar-refractivity contribution in [2.45, 2.75) is 13.1 Å². The maximum atomic E-state index is 5.46. The maximum absolute atomic E-state index is 5.46. The molecule has 2 aromatic rings. The van der Waals surface area contributed by atoms with Crippen LogP contribution in [0.15, 0.2) is 41.4 Å². The van der Waals surface area contributed by atoms with Crippen molar-refractivity contribution in [2.75, 3.05) is 35.5 Å². The molecule has 2 aromatic carbocycles. The Labute approximate surface area is 183 Å². The number of guanidine groups is 1. The zero-order valence-corrected chi connectivity index (χ0v) is 19.2. The first-order valence-corrected chi connectivity index (χ1v) is 8.52. The van der Waals surface area contributed by atoms with Crippen molar-refractivity contribution in [3.63, 3.8) is 0 Å². The van der Waals surface area contributed by atoms with Gasteiger partial charge >= 0.3 is 0 Å². The molecule has 28 heavy (non-hydrogen) atoms. The lowest BCUT2D eigenvalue weighted by molar-refractivity contribution is 0.351. The predicted octanol–water partition coefficient (Wildman–Crippen LogP) is 3.20. The molecular weight excluding hydrogens is 473 g/mol. The summed E-state index contributed by atoms with van der Waals surface area (Å²) in [6.45, 7) is 1.14. The minimum Gasteiger partial charge on any atom is -0.493 e. The highest BCUT2D eigenvalue weighted by Crippen LogP contribution is 2.30. The van der Waals surface area contributed by atoms with Crippen LogP contribution in [0.3, 0.4) is 0 Å². The lowest BCUT2D eigenvalue weighted by atomic mass is 10.2. The molecule has 0 aliphatic carbocycles. The zero-order chi connectivity index (χ0) is 19.6. The van der Waals surface area contributed by atoms with Gasteiger partial charge < -0.3 is 29.6 Å². The number of hydrogen-bond donors (Lipinski definition) is 2. The molecule has 2 rings (SSSR count). The van der Waals surface area contributed by atoms with Gasteiger partial charge in [-0.05, 0) is 23.8 Å². The van der Waals surface area contributed by atoms with E-state index in [1.165, 1.54) is 0 Å². The first kappa shape index (κ1) is 23.7. The molecule has 0 atom stereocenters. The summed E-state index contributed by atoms with van der Waals surface area (Å²) in [6, 6.07) is 11.6. The second-order valence-corrected chi connectivity index (χ2v) is 5.62. The molecule has 154 valence electrons. The van der Waals surface area contributed by atoms with Crippen LogP contribution in [0.1, 0.15) is 11.1 Å². The Bertz CT molecular complexity index is 784.